The molecule has 0 radical (unpaired) electrons. The molecule has 0 bridgehead atoms. The van der Waals surface area contributed by atoms with E-state index < -0.39 is 27.3 Å². The minimum Gasteiger partial charge on any atom is -0.493 e. The predicted octanol–water partition coefficient (Wildman–Crippen LogP) is 6.41. The van der Waals surface area contributed by atoms with Gasteiger partial charge in [0.05, 0.1) is 29.3 Å². The Labute approximate surface area is 221 Å². The summed E-state index contributed by atoms with van der Waals surface area (Å²) in [5, 5.41) is -0.128. The molecular formula is C28H32F3N3O3S. The van der Waals surface area contributed by atoms with E-state index in [4.69, 9.17) is 4.74 Å². The van der Waals surface area contributed by atoms with Crippen molar-refractivity contribution in [2.75, 3.05) is 24.6 Å². The van der Waals surface area contributed by atoms with Gasteiger partial charge in [0.25, 0.3) is 0 Å². The van der Waals surface area contributed by atoms with Crippen LogP contribution in [0.1, 0.15) is 44.9 Å². The SMILES string of the molecule is CC(C)COc1ccccc1-c1nc(CS(=O)(=O)c2cccc(N3CCCC(C)C3)n2)ccc1C(F)(F)F. The molecule has 0 aliphatic carbocycles. The van der Waals surface area contributed by atoms with Crippen LogP contribution in [0.5, 0.6) is 5.75 Å². The number of halogens is 3. The molecule has 0 amide bonds. The summed E-state index contributed by atoms with van der Waals surface area (Å²) in [6, 6.07) is 13.2. The first-order valence-electron chi connectivity index (χ1n) is 12.7. The molecule has 2 aromatic heterocycles. The van der Waals surface area contributed by atoms with E-state index in [1.807, 2.05) is 13.8 Å². The molecule has 3 heterocycles. The number of rotatable bonds is 8. The number of alkyl halides is 3. The first kappa shape index (κ1) is 27.9. The number of sulfone groups is 1. The van der Waals surface area contributed by atoms with Gasteiger partial charge in [-0.15, -0.1) is 0 Å². The second kappa shape index (κ2) is 11.3. The summed E-state index contributed by atoms with van der Waals surface area (Å²) in [6.07, 6.45) is -2.57. The second-order valence-electron chi connectivity index (χ2n) is 10.2. The molecule has 10 heteroatoms. The van der Waals surface area contributed by atoms with Crippen molar-refractivity contribution in [1.82, 2.24) is 9.97 Å². The Morgan fingerprint density at radius 3 is 2.53 bits per heavy atom. The third kappa shape index (κ3) is 6.64. The van der Waals surface area contributed by atoms with Gasteiger partial charge in [-0.3, -0.25) is 4.98 Å². The molecule has 1 aromatic carbocycles. The zero-order valence-corrected chi connectivity index (χ0v) is 22.5. The van der Waals surface area contributed by atoms with Crippen molar-refractivity contribution in [3.8, 4) is 17.0 Å². The minimum atomic E-state index is -4.69. The number of pyridine rings is 2. The summed E-state index contributed by atoms with van der Waals surface area (Å²) in [5.41, 5.74) is -1.18. The van der Waals surface area contributed by atoms with E-state index in [9.17, 15) is 21.6 Å². The lowest BCUT2D eigenvalue weighted by molar-refractivity contribution is -0.137. The lowest BCUT2D eigenvalue weighted by atomic mass is 10.0. The molecule has 4 rings (SSSR count). The molecule has 0 spiro atoms. The van der Waals surface area contributed by atoms with Crippen LogP contribution in [-0.2, 0) is 21.8 Å². The van der Waals surface area contributed by atoms with Gasteiger partial charge in [-0.1, -0.05) is 39.0 Å². The summed E-state index contributed by atoms with van der Waals surface area (Å²) in [6.45, 7) is 7.91. The van der Waals surface area contributed by atoms with Crippen molar-refractivity contribution in [2.45, 2.75) is 50.6 Å². The van der Waals surface area contributed by atoms with Crippen LogP contribution >= 0.6 is 0 Å². The Balaban J connectivity index is 1.69. The Hall–Kier alpha value is -3.14. The lowest BCUT2D eigenvalue weighted by Crippen LogP contribution is -2.35. The van der Waals surface area contributed by atoms with Crippen LogP contribution in [-0.4, -0.2) is 38.1 Å². The van der Waals surface area contributed by atoms with Crippen LogP contribution in [0.4, 0.5) is 19.0 Å². The number of benzene rings is 1. The average Bonchev–Trinajstić information content (AvgIpc) is 2.87. The molecule has 0 N–H and O–H groups in total. The van der Waals surface area contributed by atoms with Crippen molar-refractivity contribution in [3.05, 3.63) is 65.9 Å². The average molecular weight is 548 g/mol. The standard InChI is InChI=1S/C28H32F3N3O3S/c1-19(2)17-37-24-10-5-4-9-22(24)27-23(28(29,30)31)14-13-21(32-27)18-38(35,36)26-12-6-11-25(33-26)34-15-7-8-20(3)16-34/h4-6,9-14,19-20H,7-8,15-18H2,1-3H3. The van der Waals surface area contributed by atoms with E-state index in [1.165, 1.54) is 12.1 Å². The van der Waals surface area contributed by atoms with Gasteiger partial charge in [-0.05, 0) is 61.1 Å². The molecule has 3 aromatic rings. The van der Waals surface area contributed by atoms with E-state index in [2.05, 4.69) is 21.8 Å². The van der Waals surface area contributed by atoms with Crippen molar-refractivity contribution in [1.29, 1.82) is 0 Å². The third-order valence-electron chi connectivity index (χ3n) is 6.32. The molecule has 1 saturated heterocycles. The molecule has 0 saturated carbocycles. The van der Waals surface area contributed by atoms with Gasteiger partial charge in [0.1, 0.15) is 11.6 Å². The van der Waals surface area contributed by atoms with Gasteiger partial charge in [-0.25, -0.2) is 13.4 Å². The van der Waals surface area contributed by atoms with Crippen molar-refractivity contribution in [2.24, 2.45) is 11.8 Å². The van der Waals surface area contributed by atoms with Crippen LogP contribution in [0, 0.1) is 11.8 Å². The maximum absolute atomic E-state index is 13.9. The second-order valence-corrected chi connectivity index (χ2v) is 12.1. The minimum absolute atomic E-state index is 0.00883. The molecule has 204 valence electrons. The van der Waals surface area contributed by atoms with Crippen LogP contribution in [0.2, 0.25) is 0 Å². The summed E-state index contributed by atoms with van der Waals surface area (Å²) >= 11 is 0. The summed E-state index contributed by atoms with van der Waals surface area (Å²) in [5.74, 6) is 0.887. The number of aromatic nitrogens is 2. The third-order valence-corrected chi connectivity index (χ3v) is 7.86. The first-order valence-corrected chi connectivity index (χ1v) is 14.3. The van der Waals surface area contributed by atoms with Gasteiger partial charge in [0.2, 0.25) is 9.84 Å². The van der Waals surface area contributed by atoms with Crippen LogP contribution in [0.15, 0.2) is 59.6 Å². The fraction of sp³-hybridized carbons (Fsp3) is 0.429. The number of para-hydroxylation sites is 1. The topological polar surface area (TPSA) is 72.4 Å². The zero-order chi connectivity index (χ0) is 27.5. The molecule has 1 aliphatic rings. The van der Waals surface area contributed by atoms with E-state index in [-0.39, 0.29) is 33.6 Å². The van der Waals surface area contributed by atoms with Gasteiger partial charge in [0, 0.05) is 18.7 Å². The van der Waals surface area contributed by atoms with E-state index in [0.717, 1.165) is 38.1 Å². The maximum Gasteiger partial charge on any atom is 0.418 e. The Morgan fingerprint density at radius 1 is 1.05 bits per heavy atom. The van der Waals surface area contributed by atoms with E-state index >= 15 is 0 Å². The molecule has 1 unspecified atom stereocenters. The molecule has 1 aliphatic heterocycles. The van der Waals surface area contributed by atoms with Gasteiger partial charge < -0.3 is 9.64 Å². The molecular weight excluding hydrogens is 515 g/mol. The van der Waals surface area contributed by atoms with E-state index in [0.29, 0.717) is 18.3 Å². The van der Waals surface area contributed by atoms with E-state index in [1.54, 1.807) is 30.3 Å². The van der Waals surface area contributed by atoms with Crippen molar-refractivity contribution < 1.29 is 26.3 Å². The Morgan fingerprint density at radius 2 is 1.82 bits per heavy atom. The van der Waals surface area contributed by atoms with Gasteiger partial charge >= 0.3 is 6.18 Å². The number of anilines is 1. The number of hydrogen-bond acceptors (Lipinski definition) is 6. The highest BCUT2D eigenvalue weighted by molar-refractivity contribution is 7.90. The molecule has 1 fully saturated rings. The highest BCUT2D eigenvalue weighted by Crippen LogP contribution is 2.39. The predicted molar refractivity (Wildman–Crippen MR) is 141 cm³/mol. The number of ether oxygens (including phenoxy) is 1. The number of piperidine rings is 1. The largest absolute Gasteiger partial charge is 0.493 e. The highest BCUT2D eigenvalue weighted by Gasteiger charge is 2.36. The quantitative estimate of drug-likeness (QED) is 0.325. The fourth-order valence-corrected chi connectivity index (χ4v) is 5.69. The smallest absolute Gasteiger partial charge is 0.418 e. The normalized spacial score (nSPS) is 16.6. The molecule has 38 heavy (non-hydrogen) atoms. The lowest BCUT2D eigenvalue weighted by Gasteiger charge is -2.32. The van der Waals surface area contributed by atoms with Crippen LogP contribution in [0.3, 0.4) is 0 Å². The first-order chi connectivity index (χ1) is 17.9. The molecule has 1 atom stereocenters. The fourth-order valence-electron chi connectivity index (χ4n) is 4.48. The summed E-state index contributed by atoms with van der Waals surface area (Å²) in [7, 11) is -3.98. The summed E-state index contributed by atoms with van der Waals surface area (Å²) < 4.78 is 74.2. The number of nitrogens with zero attached hydrogens (tertiary/aromatic N) is 3. The van der Waals surface area contributed by atoms with Crippen LogP contribution in [0.25, 0.3) is 11.3 Å². The Kier molecular flexibility index (Phi) is 8.30. The monoisotopic (exact) mass is 547 g/mol. The highest BCUT2D eigenvalue weighted by atomic mass is 32.2. The summed E-state index contributed by atoms with van der Waals surface area (Å²) in [4.78, 5) is 10.7. The molecule has 6 nitrogen and oxygen atoms in total. The van der Waals surface area contributed by atoms with Crippen molar-refractivity contribution in [3.63, 3.8) is 0 Å². The zero-order valence-electron chi connectivity index (χ0n) is 21.7. The Bertz CT molecular complexity index is 1380. The van der Waals surface area contributed by atoms with Crippen molar-refractivity contribution >= 4 is 15.7 Å². The number of hydrogen-bond donors (Lipinski definition) is 0. The van der Waals surface area contributed by atoms with Gasteiger partial charge in [0.15, 0.2) is 5.03 Å². The van der Waals surface area contributed by atoms with Crippen LogP contribution < -0.4 is 9.64 Å². The maximum atomic E-state index is 13.9. The van der Waals surface area contributed by atoms with Gasteiger partial charge in [-0.2, -0.15) is 13.2 Å².